The van der Waals surface area contributed by atoms with Gasteiger partial charge in [-0.25, -0.2) is 9.97 Å². The van der Waals surface area contributed by atoms with Crippen LogP contribution in [-0.2, 0) is 4.74 Å². The first-order valence-electron chi connectivity index (χ1n) is 7.05. The number of nitrogens with zero attached hydrogens (tertiary/aromatic N) is 2. The van der Waals surface area contributed by atoms with Crippen LogP contribution in [0.15, 0.2) is 10.7 Å². The van der Waals surface area contributed by atoms with Crippen LogP contribution in [-0.4, -0.2) is 29.2 Å². The molecule has 1 fully saturated rings. The van der Waals surface area contributed by atoms with Crippen molar-refractivity contribution >= 4 is 21.7 Å². The van der Waals surface area contributed by atoms with Crippen molar-refractivity contribution in [1.82, 2.24) is 9.97 Å². The molecule has 0 radical (unpaired) electrons. The third-order valence-corrected chi connectivity index (χ3v) is 3.70. The maximum absolute atomic E-state index is 5.81. The van der Waals surface area contributed by atoms with Crippen molar-refractivity contribution in [2.24, 2.45) is 0 Å². The van der Waals surface area contributed by atoms with Crippen LogP contribution in [0.3, 0.4) is 0 Å². The Morgan fingerprint density at radius 1 is 1.37 bits per heavy atom. The summed E-state index contributed by atoms with van der Waals surface area (Å²) in [6.07, 6.45) is 5.54. The van der Waals surface area contributed by atoms with E-state index in [2.05, 4.69) is 45.1 Å². The Morgan fingerprint density at radius 2 is 2.11 bits per heavy atom. The molecule has 1 aromatic heterocycles. The fourth-order valence-corrected chi connectivity index (χ4v) is 2.64. The first kappa shape index (κ1) is 14.7. The third-order valence-electron chi connectivity index (χ3n) is 3.29. The van der Waals surface area contributed by atoms with Gasteiger partial charge in [0.1, 0.15) is 16.2 Å². The van der Waals surface area contributed by atoms with Crippen LogP contribution in [0.4, 0.5) is 5.82 Å². The SMILES string of the molecule is CC(C)c1nc(Br)cc(NCCOC2CCCC2)n1. The maximum Gasteiger partial charge on any atom is 0.134 e. The van der Waals surface area contributed by atoms with Gasteiger partial charge in [-0.1, -0.05) is 26.7 Å². The average molecular weight is 328 g/mol. The lowest BCUT2D eigenvalue weighted by molar-refractivity contribution is 0.0658. The molecule has 0 spiro atoms. The van der Waals surface area contributed by atoms with E-state index < -0.39 is 0 Å². The van der Waals surface area contributed by atoms with E-state index in [0.717, 1.165) is 29.4 Å². The molecule has 2 rings (SSSR count). The quantitative estimate of drug-likeness (QED) is 0.638. The first-order chi connectivity index (χ1) is 9.15. The van der Waals surface area contributed by atoms with Crippen LogP contribution in [0.25, 0.3) is 0 Å². The number of rotatable bonds is 6. The van der Waals surface area contributed by atoms with Crippen molar-refractivity contribution in [3.8, 4) is 0 Å². The number of hydrogen-bond donors (Lipinski definition) is 1. The molecule has 4 nitrogen and oxygen atoms in total. The van der Waals surface area contributed by atoms with E-state index in [4.69, 9.17) is 4.74 Å². The van der Waals surface area contributed by atoms with Gasteiger partial charge in [0, 0.05) is 18.5 Å². The summed E-state index contributed by atoms with van der Waals surface area (Å²) >= 11 is 3.42. The Hall–Kier alpha value is -0.680. The standard InChI is InChI=1S/C14H22BrN3O/c1-10(2)14-17-12(15)9-13(18-14)16-7-8-19-11-5-3-4-6-11/h9-11H,3-8H2,1-2H3,(H,16,17,18). The average Bonchev–Trinajstić information content (AvgIpc) is 2.87. The highest BCUT2D eigenvalue weighted by Crippen LogP contribution is 2.21. The molecular weight excluding hydrogens is 306 g/mol. The van der Waals surface area contributed by atoms with Gasteiger partial charge in [-0.2, -0.15) is 0 Å². The predicted octanol–water partition coefficient (Wildman–Crippen LogP) is 3.73. The summed E-state index contributed by atoms with van der Waals surface area (Å²) in [7, 11) is 0. The van der Waals surface area contributed by atoms with Crippen LogP contribution in [0.1, 0.15) is 51.3 Å². The molecule has 0 amide bonds. The van der Waals surface area contributed by atoms with Crippen molar-refractivity contribution < 1.29 is 4.74 Å². The number of nitrogens with one attached hydrogen (secondary N) is 1. The van der Waals surface area contributed by atoms with Crippen molar-refractivity contribution in [3.05, 3.63) is 16.5 Å². The third kappa shape index (κ3) is 4.73. The Kier molecular flexibility index (Phi) is 5.58. The van der Waals surface area contributed by atoms with Gasteiger partial charge in [0.05, 0.1) is 12.7 Å². The fourth-order valence-electron chi connectivity index (χ4n) is 2.24. The Bertz CT molecular complexity index is 406. The zero-order valence-electron chi connectivity index (χ0n) is 11.7. The summed E-state index contributed by atoms with van der Waals surface area (Å²) in [5.74, 6) is 2.04. The molecule has 1 heterocycles. The zero-order chi connectivity index (χ0) is 13.7. The van der Waals surface area contributed by atoms with Crippen LogP contribution < -0.4 is 5.32 Å². The molecule has 5 heteroatoms. The second kappa shape index (κ2) is 7.20. The van der Waals surface area contributed by atoms with Gasteiger partial charge in [-0.15, -0.1) is 0 Å². The van der Waals surface area contributed by atoms with E-state index in [9.17, 15) is 0 Å². The first-order valence-corrected chi connectivity index (χ1v) is 7.84. The molecule has 1 saturated carbocycles. The molecule has 1 aliphatic rings. The normalized spacial score (nSPS) is 16.2. The molecule has 0 atom stereocenters. The lowest BCUT2D eigenvalue weighted by Crippen LogP contribution is -2.16. The van der Waals surface area contributed by atoms with Gasteiger partial charge < -0.3 is 10.1 Å². The van der Waals surface area contributed by atoms with Gasteiger partial charge >= 0.3 is 0 Å². The van der Waals surface area contributed by atoms with Crippen molar-refractivity contribution in [2.45, 2.75) is 51.6 Å². The minimum Gasteiger partial charge on any atom is -0.376 e. The van der Waals surface area contributed by atoms with Gasteiger partial charge in [0.25, 0.3) is 0 Å². The number of ether oxygens (including phenoxy) is 1. The smallest absolute Gasteiger partial charge is 0.134 e. The molecule has 1 N–H and O–H groups in total. The Labute approximate surface area is 123 Å². The number of halogens is 1. The Balaban J connectivity index is 1.78. The van der Waals surface area contributed by atoms with E-state index in [-0.39, 0.29) is 0 Å². The molecule has 0 saturated heterocycles. The topological polar surface area (TPSA) is 47.0 Å². The monoisotopic (exact) mass is 327 g/mol. The molecule has 1 aromatic rings. The lowest BCUT2D eigenvalue weighted by atomic mass is 10.2. The molecular formula is C14H22BrN3O. The predicted molar refractivity (Wildman–Crippen MR) is 80.5 cm³/mol. The van der Waals surface area contributed by atoms with Gasteiger partial charge in [-0.3, -0.25) is 0 Å². The molecule has 0 bridgehead atoms. The highest BCUT2D eigenvalue weighted by Gasteiger charge is 2.14. The van der Waals surface area contributed by atoms with Crippen molar-refractivity contribution in [2.75, 3.05) is 18.5 Å². The molecule has 19 heavy (non-hydrogen) atoms. The highest BCUT2D eigenvalue weighted by molar-refractivity contribution is 9.10. The molecule has 106 valence electrons. The molecule has 0 aromatic carbocycles. The van der Waals surface area contributed by atoms with Gasteiger partial charge in [0.15, 0.2) is 0 Å². The summed E-state index contributed by atoms with van der Waals surface area (Å²) in [6.45, 7) is 5.71. The van der Waals surface area contributed by atoms with E-state index in [1.54, 1.807) is 0 Å². The van der Waals surface area contributed by atoms with E-state index in [1.807, 2.05) is 6.07 Å². The van der Waals surface area contributed by atoms with Crippen LogP contribution in [0.5, 0.6) is 0 Å². The lowest BCUT2D eigenvalue weighted by Gasteiger charge is -2.12. The Morgan fingerprint density at radius 3 is 2.79 bits per heavy atom. The number of hydrogen-bond acceptors (Lipinski definition) is 4. The van der Waals surface area contributed by atoms with Gasteiger partial charge in [0.2, 0.25) is 0 Å². The van der Waals surface area contributed by atoms with E-state index >= 15 is 0 Å². The summed E-state index contributed by atoms with van der Waals surface area (Å²) < 4.78 is 6.64. The number of anilines is 1. The minimum absolute atomic E-state index is 0.327. The highest BCUT2D eigenvalue weighted by atomic mass is 79.9. The van der Waals surface area contributed by atoms with Crippen molar-refractivity contribution in [3.63, 3.8) is 0 Å². The second-order valence-electron chi connectivity index (χ2n) is 5.29. The van der Waals surface area contributed by atoms with E-state index in [1.165, 1.54) is 25.7 Å². The number of aromatic nitrogens is 2. The zero-order valence-corrected chi connectivity index (χ0v) is 13.2. The van der Waals surface area contributed by atoms with Crippen molar-refractivity contribution in [1.29, 1.82) is 0 Å². The molecule has 0 aliphatic heterocycles. The second-order valence-corrected chi connectivity index (χ2v) is 6.11. The summed E-state index contributed by atoms with van der Waals surface area (Å²) in [5.41, 5.74) is 0. The van der Waals surface area contributed by atoms with Crippen LogP contribution in [0, 0.1) is 0 Å². The summed E-state index contributed by atoms with van der Waals surface area (Å²) in [4.78, 5) is 8.85. The van der Waals surface area contributed by atoms with Crippen LogP contribution >= 0.6 is 15.9 Å². The summed E-state index contributed by atoms with van der Waals surface area (Å²) in [5, 5.41) is 3.30. The van der Waals surface area contributed by atoms with Gasteiger partial charge in [-0.05, 0) is 28.8 Å². The maximum atomic E-state index is 5.81. The van der Waals surface area contributed by atoms with E-state index in [0.29, 0.717) is 12.0 Å². The summed E-state index contributed by atoms with van der Waals surface area (Å²) in [6, 6.07) is 1.90. The fraction of sp³-hybridized carbons (Fsp3) is 0.714. The molecule has 1 aliphatic carbocycles. The molecule has 0 unspecified atom stereocenters. The van der Waals surface area contributed by atoms with Crippen LogP contribution in [0.2, 0.25) is 0 Å². The largest absolute Gasteiger partial charge is 0.376 e. The minimum atomic E-state index is 0.327.